The summed E-state index contributed by atoms with van der Waals surface area (Å²) in [7, 11) is 1.80. The first-order valence-corrected chi connectivity index (χ1v) is 7.25. The van der Waals surface area contributed by atoms with Crippen molar-refractivity contribution in [2.24, 2.45) is 11.7 Å². The van der Waals surface area contributed by atoms with Crippen LogP contribution in [-0.4, -0.2) is 23.9 Å². The molecule has 3 atom stereocenters. The Hall–Kier alpha value is -1.13. The van der Waals surface area contributed by atoms with Gasteiger partial charge in [0.15, 0.2) is 0 Å². The van der Waals surface area contributed by atoms with Gasteiger partial charge in [-0.2, -0.15) is 0 Å². The highest BCUT2D eigenvalue weighted by atomic mass is 35.5. The maximum absolute atomic E-state index is 12.9. The van der Waals surface area contributed by atoms with Gasteiger partial charge in [0, 0.05) is 19.5 Å². The summed E-state index contributed by atoms with van der Waals surface area (Å²) in [5, 5.41) is 0. The van der Waals surface area contributed by atoms with Crippen molar-refractivity contribution in [2.45, 2.75) is 44.7 Å². The number of halogens is 2. The van der Waals surface area contributed by atoms with E-state index in [0.717, 1.165) is 24.8 Å². The van der Waals surface area contributed by atoms with E-state index < -0.39 is 0 Å². The molecule has 1 aromatic carbocycles. The highest BCUT2D eigenvalue weighted by Gasteiger charge is 2.28. The van der Waals surface area contributed by atoms with Crippen LogP contribution in [0.15, 0.2) is 24.3 Å². The summed E-state index contributed by atoms with van der Waals surface area (Å²) in [6.45, 7) is 1.96. The molecule has 1 aliphatic rings. The molecule has 1 aliphatic carbocycles. The van der Waals surface area contributed by atoms with Crippen molar-refractivity contribution in [2.75, 3.05) is 7.05 Å². The zero-order valence-electron chi connectivity index (χ0n) is 12.6. The number of nitrogens with zero attached hydrogens (tertiary/aromatic N) is 1. The molecule has 0 heterocycles. The average Bonchev–Trinajstić information content (AvgIpc) is 2.83. The SMILES string of the molecule is CC(c1ccc(F)cc1)N(C)C(=O)C[C@@H]1CCC[C@H]1N.Cl. The van der Waals surface area contributed by atoms with Crippen LogP contribution in [-0.2, 0) is 4.79 Å². The highest BCUT2D eigenvalue weighted by Crippen LogP contribution is 2.28. The van der Waals surface area contributed by atoms with Crippen LogP contribution in [0.3, 0.4) is 0 Å². The van der Waals surface area contributed by atoms with E-state index in [9.17, 15) is 9.18 Å². The van der Waals surface area contributed by atoms with E-state index >= 15 is 0 Å². The van der Waals surface area contributed by atoms with Gasteiger partial charge in [-0.1, -0.05) is 18.6 Å². The third-order valence-corrected chi connectivity index (χ3v) is 4.48. The van der Waals surface area contributed by atoms with Gasteiger partial charge in [-0.05, 0) is 43.4 Å². The molecule has 0 saturated heterocycles. The molecule has 0 aromatic heterocycles. The Labute approximate surface area is 132 Å². The maximum Gasteiger partial charge on any atom is 0.223 e. The van der Waals surface area contributed by atoms with Gasteiger partial charge >= 0.3 is 0 Å². The lowest BCUT2D eigenvalue weighted by atomic mass is 9.98. The second kappa shape index (κ2) is 7.76. The van der Waals surface area contributed by atoms with Crippen molar-refractivity contribution in [1.82, 2.24) is 4.90 Å². The monoisotopic (exact) mass is 314 g/mol. The second-order valence-electron chi connectivity index (χ2n) is 5.79. The van der Waals surface area contributed by atoms with Crippen LogP contribution in [0.25, 0.3) is 0 Å². The van der Waals surface area contributed by atoms with Gasteiger partial charge in [0.05, 0.1) is 6.04 Å². The third-order valence-electron chi connectivity index (χ3n) is 4.48. The number of amides is 1. The number of carbonyl (C=O) groups is 1. The Bertz CT molecular complexity index is 466. The molecule has 1 unspecified atom stereocenters. The molecule has 1 fully saturated rings. The van der Waals surface area contributed by atoms with E-state index in [1.807, 2.05) is 6.92 Å². The summed E-state index contributed by atoms with van der Waals surface area (Å²) in [5.41, 5.74) is 6.96. The van der Waals surface area contributed by atoms with Crippen molar-refractivity contribution >= 4 is 18.3 Å². The lowest BCUT2D eigenvalue weighted by molar-refractivity contribution is -0.132. The molecule has 118 valence electrons. The molecule has 2 N–H and O–H groups in total. The van der Waals surface area contributed by atoms with Crippen LogP contribution >= 0.6 is 12.4 Å². The minimum Gasteiger partial charge on any atom is -0.339 e. The standard InChI is InChI=1S/C16H23FN2O.ClH/c1-11(12-6-8-14(17)9-7-12)19(2)16(20)10-13-4-3-5-15(13)18;/h6-9,11,13,15H,3-5,10,18H2,1-2H3;1H/t11?,13-,15+;/m0./s1. The third kappa shape index (κ3) is 4.42. The smallest absolute Gasteiger partial charge is 0.223 e. The maximum atomic E-state index is 12.9. The Morgan fingerprint density at radius 1 is 1.38 bits per heavy atom. The largest absolute Gasteiger partial charge is 0.339 e. The number of nitrogens with two attached hydrogens (primary N) is 1. The molecule has 5 heteroatoms. The van der Waals surface area contributed by atoms with E-state index in [2.05, 4.69) is 0 Å². The van der Waals surface area contributed by atoms with Gasteiger partial charge in [-0.15, -0.1) is 12.4 Å². The number of hydrogen-bond acceptors (Lipinski definition) is 2. The number of carbonyl (C=O) groups excluding carboxylic acids is 1. The molecule has 1 aromatic rings. The van der Waals surface area contributed by atoms with Gasteiger partial charge < -0.3 is 10.6 Å². The summed E-state index contributed by atoms with van der Waals surface area (Å²) in [5.74, 6) is 0.168. The molecular formula is C16H24ClFN2O. The average molecular weight is 315 g/mol. The molecule has 1 saturated carbocycles. The van der Waals surface area contributed by atoms with Gasteiger partial charge in [0.25, 0.3) is 0 Å². The fourth-order valence-electron chi connectivity index (χ4n) is 2.87. The van der Waals surface area contributed by atoms with Crippen LogP contribution in [0, 0.1) is 11.7 Å². The molecule has 0 bridgehead atoms. The molecule has 21 heavy (non-hydrogen) atoms. The van der Waals surface area contributed by atoms with Crippen molar-refractivity contribution in [3.63, 3.8) is 0 Å². The minimum absolute atomic E-state index is 0. The zero-order chi connectivity index (χ0) is 14.7. The van der Waals surface area contributed by atoms with Crippen LogP contribution in [0.5, 0.6) is 0 Å². The summed E-state index contributed by atoms with van der Waals surface area (Å²) in [6, 6.07) is 6.42. The minimum atomic E-state index is -0.258. The fourth-order valence-corrected chi connectivity index (χ4v) is 2.87. The van der Waals surface area contributed by atoms with E-state index in [1.165, 1.54) is 12.1 Å². The lowest BCUT2D eigenvalue weighted by Crippen LogP contribution is -2.34. The van der Waals surface area contributed by atoms with E-state index in [4.69, 9.17) is 5.73 Å². The summed E-state index contributed by atoms with van der Waals surface area (Å²) in [4.78, 5) is 14.1. The second-order valence-corrected chi connectivity index (χ2v) is 5.79. The van der Waals surface area contributed by atoms with Crippen LogP contribution in [0.4, 0.5) is 4.39 Å². The number of hydrogen-bond donors (Lipinski definition) is 1. The Morgan fingerprint density at radius 3 is 2.52 bits per heavy atom. The molecule has 1 amide bonds. The first kappa shape index (κ1) is 17.9. The lowest BCUT2D eigenvalue weighted by Gasteiger charge is -2.27. The molecular weight excluding hydrogens is 291 g/mol. The summed E-state index contributed by atoms with van der Waals surface area (Å²) >= 11 is 0. The summed E-state index contributed by atoms with van der Waals surface area (Å²) in [6.07, 6.45) is 3.71. The molecule has 0 radical (unpaired) electrons. The van der Waals surface area contributed by atoms with Crippen molar-refractivity contribution in [3.8, 4) is 0 Å². The molecule has 2 rings (SSSR count). The topological polar surface area (TPSA) is 46.3 Å². The molecule has 0 aliphatic heterocycles. The first-order valence-electron chi connectivity index (χ1n) is 7.25. The van der Waals surface area contributed by atoms with E-state index in [1.54, 1.807) is 24.1 Å². The van der Waals surface area contributed by atoms with Crippen molar-refractivity contribution in [1.29, 1.82) is 0 Å². The van der Waals surface area contributed by atoms with Gasteiger partial charge in [0.2, 0.25) is 5.91 Å². The molecule has 3 nitrogen and oxygen atoms in total. The fraction of sp³-hybridized carbons (Fsp3) is 0.562. The number of rotatable bonds is 4. The zero-order valence-corrected chi connectivity index (χ0v) is 13.4. The van der Waals surface area contributed by atoms with Crippen LogP contribution in [0.1, 0.15) is 44.2 Å². The summed E-state index contributed by atoms with van der Waals surface area (Å²) < 4.78 is 12.9. The quantitative estimate of drug-likeness (QED) is 0.927. The van der Waals surface area contributed by atoms with Crippen LogP contribution < -0.4 is 5.73 Å². The van der Waals surface area contributed by atoms with E-state index in [-0.39, 0.29) is 36.2 Å². The van der Waals surface area contributed by atoms with Crippen molar-refractivity contribution in [3.05, 3.63) is 35.6 Å². The normalized spacial score (nSPS) is 22.5. The van der Waals surface area contributed by atoms with Gasteiger partial charge in [-0.25, -0.2) is 4.39 Å². The Kier molecular flexibility index (Phi) is 6.62. The first-order chi connectivity index (χ1) is 9.49. The van der Waals surface area contributed by atoms with Gasteiger partial charge in [0.1, 0.15) is 5.82 Å². The van der Waals surface area contributed by atoms with Gasteiger partial charge in [-0.3, -0.25) is 4.79 Å². The predicted octanol–water partition coefficient (Wildman–Crippen LogP) is 3.28. The number of benzene rings is 1. The molecule has 0 spiro atoms. The van der Waals surface area contributed by atoms with Crippen molar-refractivity contribution < 1.29 is 9.18 Å². The van der Waals surface area contributed by atoms with E-state index in [0.29, 0.717) is 12.3 Å². The Balaban J connectivity index is 0.00000220. The highest BCUT2D eigenvalue weighted by molar-refractivity contribution is 5.85. The predicted molar refractivity (Wildman–Crippen MR) is 84.8 cm³/mol. The Morgan fingerprint density at radius 2 is 2.00 bits per heavy atom. The van der Waals surface area contributed by atoms with Crippen LogP contribution in [0.2, 0.25) is 0 Å².